The lowest BCUT2D eigenvalue weighted by atomic mass is 10.1. The van der Waals surface area contributed by atoms with Gasteiger partial charge in [0.2, 0.25) is 0 Å². The molecule has 1 fully saturated rings. The molecule has 0 unspecified atom stereocenters. The van der Waals surface area contributed by atoms with E-state index in [1.807, 2.05) is 29.7 Å². The highest BCUT2D eigenvalue weighted by Crippen LogP contribution is 2.36. The summed E-state index contributed by atoms with van der Waals surface area (Å²) >= 11 is 14.2. The highest BCUT2D eigenvalue weighted by Gasteiger charge is 2.31. The molecule has 3 rings (SSSR count). The van der Waals surface area contributed by atoms with Crippen molar-refractivity contribution in [3.8, 4) is 0 Å². The van der Waals surface area contributed by atoms with Crippen LogP contribution in [0.15, 0.2) is 41.1 Å². The van der Waals surface area contributed by atoms with Crippen LogP contribution in [-0.2, 0) is 4.79 Å². The highest BCUT2D eigenvalue weighted by molar-refractivity contribution is 8.26. The molecule has 2 nitrogen and oxygen atoms in total. The molecule has 6 heteroatoms. The molecule has 21 heavy (non-hydrogen) atoms. The van der Waals surface area contributed by atoms with Gasteiger partial charge in [-0.2, -0.15) is 0 Å². The van der Waals surface area contributed by atoms with E-state index in [9.17, 15) is 4.79 Å². The van der Waals surface area contributed by atoms with Gasteiger partial charge >= 0.3 is 0 Å². The van der Waals surface area contributed by atoms with Crippen LogP contribution in [0.5, 0.6) is 0 Å². The van der Waals surface area contributed by atoms with Crippen molar-refractivity contribution in [1.29, 1.82) is 0 Å². The van der Waals surface area contributed by atoms with E-state index in [-0.39, 0.29) is 5.91 Å². The molecule has 0 atom stereocenters. The Kier molecular flexibility index (Phi) is 4.17. The number of fused-ring (bicyclic) bond motifs is 1. The first kappa shape index (κ1) is 14.8. The maximum absolute atomic E-state index is 12.3. The molecule has 106 valence electrons. The summed E-state index contributed by atoms with van der Waals surface area (Å²) in [4.78, 5) is 14.5. The molecule has 1 aromatic carbocycles. The zero-order valence-corrected chi connectivity index (χ0v) is 14.0. The molecule has 2 aromatic rings. The normalized spacial score (nSPS) is 17.2. The van der Waals surface area contributed by atoms with Gasteiger partial charge in [-0.3, -0.25) is 9.69 Å². The number of hydrogen-bond acceptors (Lipinski definition) is 4. The Morgan fingerprint density at radius 1 is 1.43 bits per heavy atom. The third-order valence-corrected chi connectivity index (χ3v) is 5.63. The summed E-state index contributed by atoms with van der Waals surface area (Å²) in [6.07, 6.45) is 3.56. The minimum atomic E-state index is -0.0636. The summed E-state index contributed by atoms with van der Waals surface area (Å²) in [5.41, 5.74) is 0.997. The van der Waals surface area contributed by atoms with Crippen molar-refractivity contribution >= 4 is 73.3 Å². The number of thiophene rings is 1. The molecule has 0 N–H and O–H groups in total. The lowest BCUT2D eigenvalue weighted by Crippen LogP contribution is -2.27. The zero-order valence-electron chi connectivity index (χ0n) is 10.8. The largest absolute Gasteiger partial charge is 0.289 e. The van der Waals surface area contributed by atoms with Crippen molar-refractivity contribution in [2.24, 2.45) is 0 Å². The van der Waals surface area contributed by atoms with E-state index in [4.69, 9.17) is 23.8 Å². The third-order valence-electron chi connectivity index (χ3n) is 3.04. The molecule has 1 aliphatic heterocycles. The SMILES string of the molecule is C=CCN1C(=O)/C(=C/c2csc3ccc(Cl)cc23)SC1=S. The van der Waals surface area contributed by atoms with E-state index in [0.717, 1.165) is 15.6 Å². The average molecular weight is 352 g/mol. The maximum atomic E-state index is 12.3. The van der Waals surface area contributed by atoms with Crippen LogP contribution in [0.25, 0.3) is 16.2 Å². The number of carbonyl (C=O) groups excluding carboxylic acids is 1. The van der Waals surface area contributed by atoms with Crippen LogP contribution in [0.3, 0.4) is 0 Å². The first-order valence-corrected chi connectivity index (χ1v) is 8.61. The lowest BCUT2D eigenvalue weighted by molar-refractivity contribution is -0.121. The first-order valence-electron chi connectivity index (χ1n) is 6.13. The number of amides is 1. The molecule has 1 amide bonds. The topological polar surface area (TPSA) is 20.3 Å². The summed E-state index contributed by atoms with van der Waals surface area (Å²) in [5, 5.41) is 3.78. The fourth-order valence-corrected chi connectivity index (χ4v) is 4.40. The third kappa shape index (κ3) is 2.79. The van der Waals surface area contributed by atoms with Crippen molar-refractivity contribution in [2.45, 2.75) is 0 Å². The second-order valence-electron chi connectivity index (χ2n) is 4.41. The van der Waals surface area contributed by atoms with Crippen molar-refractivity contribution in [1.82, 2.24) is 4.90 Å². The number of nitrogens with zero attached hydrogens (tertiary/aromatic N) is 1. The van der Waals surface area contributed by atoms with Gasteiger partial charge in [-0.25, -0.2) is 0 Å². The van der Waals surface area contributed by atoms with Gasteiger partial charge in [-0.05, 0) is 35.2 Å². The Hall–Kier alpha value is -1.14. The van der Waals surface area contributed by atoms with Gasteiger partial charge in [0.1, 0.15) is 4.32 Å². The molecule has 0 saturated carbocycles. The van der Waals surface area contributed by atoms with Gasteiger partial charge in [-0.1, -0.05) is 41.7 Å². The molecule has 2 heterocycles. The van der Waals surface area contributed by atoms with Crippen molar-refractivity contribution in [3.63, 3.8) is 0 Å². The standard InChI is InChI=1S/C15H10ClNOS3/c1-2-5-17-14(18)13(21-15(17)19)6-9-8-20-12-4-3-10(16)7-11(9)12/h2-4,6-8H,1,5H2/b13-6-. The van der Waals surface area contributed by atoms with Crippen LogP contribution in [0.1, 0.15) is 5.56 Å². The van der Waals surface area contributed by atoms with Crippen molar-refractivity contribution in [3.05, 3.63) is 51.7 Å². The molecule has 1 saturated heterocycles. The zero-order chi connectivity index (χ0) is 15.0. The van der Waals surface area contributed by atoms with E-state index in [1.165, 1.54) is 11.8 Å². The summed E-state index contributed by atoms with van der Waals surface area (Å²) < 4.78 is 1.72. The monoisotopic (exact) mass is 351 g/mol. The number of thioether (sulfide) groups is 1. The van der Waals surface area contributed by atoms with Crippen LogP contribution < -0.4 is 0 Å². The van der Waals surface area contributed by atoms with Crippen LogP contribution >= 0.6 is 46.9 Å². The second kappa shape index (κ2) is 5.93. The summed E-state index contributed by atoms with van der Waals surface area (Å²) in [6, 6.07) is 5.78. The molecule has 0 bridgehead atoms. The van der Waals surface area contributed by atoms with Gasteiger partial charge in [0.05, 0.1) is 4.91 Å². The first-order chi connectivity index (χ1) is 10.1. The fraction of sp³-hybridized carbons (Fsp3) is 0.0667. The Morgan fingerprint density at radius 2 is 2.24 bits per heavy atom. The second-order valence-corrected chi connectivity index (χ2v) is 7.44. The Labute approximate surface area is 141 Å². The summed E-state index contributed by atoms with van der Waals surface area (Å²) in [5.74, 6) is -0.0636. The number of carbonyl (C=O) groups is 1. The molecule has 1 aliphatic rings. The predicted molar refractivity (Wildman–Crippen MR) is 96.9 cm³/mol. The van der Waals surface area contributed by atoms with Crippen molar-refractivity contribution in [2.75, 3.05) is 6.54 Å². The van der Waals surface area contributed by atoms with Crippen LogP contribution in [0.2, 0.25) is 5.02 Å². The van der Waals surface area contributed by atoms with Gasteiger partial charge in [0, 0.05) is 21.7 Å². The Bertz CT molecular complexity index is 793. The van der Waals surface area contributed by atoms with E-state index in [0.29, 0.717) is 20.8 Å². The van der Waals surface area contributed by atoms with Gasteiger partial charge in [0.15, 0.2) is 0 Å². The highest BCUT2D eigenvalue weighted by atomic mass is 35.5. The molecular weight excluding hydrogens is 342 g/mol. The number of thiocarbonyl (C=S) groups is 1. The van der Waals surface area contributed by atoms with E-state index in [1.54, 1.807) is 22.3 Å². The number of rotatable bonds is 3. The molecular formula is C15H10ClNOS3. The Morgan fingerprint density at radius 3 is 3.00 bits per heavy atom. The molecule has 0 aliphatic carbocycles. The van der Waals surface area contributed by atoms with Crippen LogP contribution in [-0.4, -0.2) is 21.7 Å². The quantitative estimate of drug-likeness (QED) is 0.443. The molecule has 1 aromatic heterocycles. The molecule has 0 spiro atoms. The minimum Gasteiger partial charge on any atom is -0.289 e. The number of hydrogen-bond donors (Lipinski definition) is 0. The number of benzene rings is 1. The van der Waals surface area contributed by atoms with Crippen molar-refractivity contribution < 1.29 is 4.79 Å². The van der Waals surface area contributed by atoms with Gasteiger partial charge < -0.3 is 0 Å². The maximum Gasteiger partial charge on any atom is 0.266 e. The lowest BCUT2D eigenvalue weighted by Gasteiger charge is -2.10. The predicted octanol–water partition coefficient (Wildman–Crippen LogP) is 4.94. The van der Waals surface area contributed by atoms with E-state index < -0.39 is 0 Å². The average Bonchev–Trinajstić information content (AvgIpc) is 2.96. The summed E-state index contributed by atoms with van der Waals surface area (Å²) in [7, 11) is 0. The molecule has 0 radical (unpaired) electrons. The minimum absolute atomic E-state index is 0.0636. The van der Waals surface area contributed by atoms with Gasteiger partial charge in [-0.15, -0.1) is 17.9 Å². The Balaban J connectivity index is 2.01. The summed E-state index contributed by atoms with van der Waals surface area (Å²) in [6.45, 7) is 4.09. The number of halogens is 1. The van der Waals surface area contributed by atoms with Crippen LogP contribution in [0, 0.1) is 0 Å². The fourth-order valence-electron chi connectivity index (χ4n) is 2.06. The smallest absolute Gasteiger partial charge is 0.266 e. The van der Waals surface area contributed by atoms with Gasteiger partial charge in [0.25, 0.3) is 5.91 Å². The van der Waals surface area contributed by atoms with Crippen LogP contribution in [0.4, 0.5) is 0 Å². The van der Waals surface area contributed by atoms with E-state index in [2.05, 4.69) is 6.58 Å². The van der Waals surface area contributed by atoms with E-state index >= 15 is 0 Å².